The standard InChI is InChI=1S/C28H43O3P/c1-9-22(4)24-11-15-26(16-12-24)30-32(29,20-21(3)19-28(6,7)8)31-27-17-13-25(14-18-27)23(5)10-2/h11-18,21-23H,9-10,19-20H2,1-8H3/t21-,22-,23+,32?/m1/s1. The fourth-order valence-electron chi connectivity index (χ4n) is 4.09. The first-order valence-electron chi connectivity index (χ1n) is 12.1. The predicted octanol–water partition coefficient (Wildman–Crippen LogP) is 9.44. The van der Waals surface area contributed by atoms with E-state index in [2.05, 4.69) is 79.7 Å². The molecule has 0 N–H and O–H groups in total. The molecule has 0 aliphatic rings. The molecule has 0 aliphatic carbocycles. The molecule has 0 saturated carbocycles. The highest BCUT2D eigenvalue weighted by molar-refractivity contribution is 7.54. The van der Waals surface area contributed by atoms with Gasteiger partial charge in [0.25, 0.3) is 0 Å². The Kier molecular flexibility index (Phi) is 9.46. The van der Waals surface area contributed by atoms with E-state index in [0.717, 1.165) is 19.3 Å². The van der Waals surface area contributed by atoms with Gasteiger partial charge in [0.05, 0.1) is 6.16 Å². The van der Waals surface area contributed by atoms with Crippen LogP contribution in [0.1, 0.15) is 97.6 Å². The summed E-state index contributed by atoms with van der Waals surface area (Å²) in [5, 5.41) is 0. The fourth-order valence-corrected chi connectivity index (χ4v) is 6.06. The van der Waals surface area contributed by atoms with Crippen molar-refractivity contribution >= 4 is 7.60 Å². The molecule has 32 heavy (non-hydrogen) atoms. The van der Waals surface area contributed by atoms with Gasteiger partial charge < -0.3 is 9.05 Å². The average molecular weight is 459 g/mol. The van der Waals surface area contributed by atoms with E-state index >= 15 is 0 Å². The van der Waals surface area contributed by atoms with E-state index in [-0.39, 0.29) is 11.3 Å². The summed E-state index contributed by atoms with van der Waals surface area (Å²) in [7, 11) is -3.40. The SMILES string of the molecule is CC[C@@H](C)c1ccc(OP(=O)(C[C@H](C)CC(C)(C)C)Oc2ccc([C@@H](C)CC)cc2)cc1. The Morgan fingerprint density at radius 3 is 1.44 bits per heavy atom. The average Bonchev–Trinajstić information content (AvgIpc) is 2.71. The van der Waals surface area contributed by atoms with Gasteiger partial charge in [0.2, 0.25) is 0 Å². The molecule has 0 amide bonds. The zero-order valence-electron chi connectivity index (χ0n) is 21.4. The first-order valence-corrected chi connectivity index (χ1v) is 13.9. The van der Waals surface area contributed by atoms with Crippen LogP contribution in [0.5, 0.6) is 11.5 Å². The van der Waals surface area contributed by atoms with Crippen molar-refractivity contribution in [2.45, 2.75) is 86.5 Å². The Morgan fingerprint density at radius 2 is 1.12 bits per heavy atom. The summed E-state index contributed by atoms with van der Waals surface area (Å²) >= 11 is 0. The monoisotopic (exact) mass is 458 g/mol. The summed E-state index contributed by atoms with van der Waals surface area (Å²) in [5.41, 5.74) is 2.68. The van der Waals surface area contributed by atoms with Gasteiger partial charge in [0, 0.05) is 0 Å². The molecule has 0 bridgehead atoms. The van der Waals surface area contributed by atoms with Crippen LogP contribution in [0.4, 0.5) is 0 Å². The van der Waals surface area contributed by atoms with Crippen LogP contribution in [-0.2, 0) is 4.57 Å². The van der Waals surface area contributed by atoms with Gasteiger partial charge in [-0.05, 0) is 77.8 Å². The number of rotatable bonds is 11. The minimum Gasteiger partial charge on any atom is -0.416 e. The second-order valence-corrected chi connectivity index (χ2v) is 12.6. The molecule has 2 aromatic carbocycles. The Labute approximate surface area is 196 Å². The van der Waals surface area contributed by atoms with Crippen molar-refractivity contribution < 1.29 is 13.6 Å². The third-order valence-electron chi connectivity index (χ3n) is 6.11. The Balaban J connectivity index is 2.25. The van der Waals surface area contributed by atoms with Crippen LogP contribution in [0.15, 0.2) is 48.5 Å². The first-order chi connectivity index (χ1) is 14.9. The van der Waals surface area contributed by atoms with E-state index in [1.54, 1.807) is 0 Å². The summed E-state index contributed by atoms with van der Waals surface area (Å²) in [4.78, 5) is 0. The topological polar surface area (TPSA) is 35.5 Å². The largest absolute Gasteiger partial charge is 0.430 e. The van der Waals surface area contributed by atoms with E-state index < -0.39 is 7.60 Å². The number of hydrogen-bond donors (Lipinski definition) is 0. The van der Waals surface area contributed by atoms with Crippen molar-refractivity contribution in [3.05, 3.63) is 59.7 Å². The zero-order valence-corrected chi connectivity index (χ0v) is 22.2. The second kappa shape index (κ2) is 11.4. The van der Waals surface area contributed by atoms with Crippen LogP contribution in [0, 0.1) is 11.3 Å². The molecule has 0 aromatic heterocycles. The molecule has 4 atom stereocenters. The van der Waals surface area contributed by atoms with Crippen LogP contribution >= 0.6 is 7.60 Å². The lowest BCUT2D eigenvalue weighted by molar-refractivity contribution is 0.308. The lowest BCUT2D eigenvalue weighted by Gasteiger charge is -2.27. The Bertz CT molecular complexity index is 806. The molecule has 0 fully saturated rings. The minimum absolute atomic E-state index is 0.153. The van der Waals surface area contributed by atoms with E-state index in [0.29, 0.717) is 29.5 Å². The van der Waals surface area contributed by atoms with E-state index in [1.165, 1.54) is 11.1 Å². The molecule has 2 aromatic rings. The molecular formula is C28H43O3P. The Hall–Kier alpha value is -1.73. The lowest BCUT2D eigenvalue weighted by atomic mass is 9.86. The molecule has 0 spiro atoms. The molecule has 3 nitrogen and oxygen atoms in total. The van der Waals surface area contributed by atoms with Gasteiger partial charge in [-0.3, -0.25) is 0 Å². The van der Waals surface area contributed by atoms with Crippen molar-refractivity contribution in [2.24, 2.45) is 11.3 Å². The third kappa shape index (κ3) is 8.32. The fraction of sp³-hybridized carbons (Fsp3) is 0.571. The summed E-state index contributed by atoms with van der Waals surface area (Å²) in [6.07, 6.45) is 3.49. The molecule has 1 unspecified atom stereocenters. The summed E-state index contributed by atoms with van der Waals surface area (Å²) in [6, 6.07) is 15.9. The van der Waals surface area contributed by atoms with Gasteiger partial charge in [0.1, 0.15) is 11.5 Å². The maximum atomic E-state index is 14.0. The molecule has 0 radical (unpaired) electrons. The molecular weight excluding hydrogens is 415 g/mol. The normalized spacial score (nSPS) is 16.6. The van der Waals surface area contributed by atoms with E-state index in [9.17, 15) is 4.57 Å². The molecule has 0 saturated heterocycles. The van der Waals surface area contributed by atoms with Gasteiger partial charge in [-0.2, -0.15) is 0 Å². The highest BCUT2D eigenvalue weighted by Crippen LogP contribution is 2.51. The predicted molar refractivity (Wildman–Crippen MR) is 137 cm³/mol. The van der Waals surface area contributed by atoms with Gasteiger partial charge in [-0.15, -0.1) is 0 Å². The molecule has 178 valence electrons. The van der Waals surface area contributed by atoms with Crippen molar-refractivity contribution in [2.75, 3.05) is 6.16 Å². The summed E-state index contributed by atoms with van der Waals surface area (Å²) < 4.78 is 26.1. The van der Waals surface area contributed by atoms with Crippen molar-refractivity contribution in [1.82, 2.24) is 0 Å². The van der Waals surface area contributed by atoms with E-state index in [4.69, 9.17) is 9.05 Å². The zero-order chi connectivity index (χ0) is 23.9. The van der Waals surface area contributed by atoms with Gasteiger partial charge in [-0.1, -0.05) is 79.7 Å². The highest BCUT2D eigenvalue weighted by Gasteiger charge is 2.32. The third-order valence-corrected chi connectivity index (χ3v) is 8.16. The van der Waals surface area contributed by atoms with E-state index in [1.807, 2.05) is 24.3 Å². The van der Waals surface area contributed by atoms with Crippen molar-refractivity contribution in [3.63, 3.8) is 0 Å². The maximum Gasteiger partial charge on any atom is 0.430 e. The quantitative estimate of drug-likeness (QED) is 0.315. The van der Waals surface area contributed by atoms with Crippen LogP contribution in [-0.4, -0.2) is 6.16 Å². The number of benzene rings is 2. The smallest absolute Gasteiger partial charge is 0.416 e. The molecule has 4 heteroatoms. The van der Waals surface area contributed by atoms with Gasteiger partial charge >= 0.3 is 7.60 Å². The van der Waals surface area contributed by atoms with Gasteiger partial charge in [-0.25, -0.2) is 4.57 Å². The lowest BCUT2D eigenvalue weighted by Crippen LogP contribution is -2.17. The van der Waals surface area contributed by atoms with Crippen LogP contribution in [0.2, 0.25) is 0 Å². The van der Waals surface area contributed by atoms with Crippen molar-refractivity contribution in [1.29, 1.82) is 0 Å². The highest BCUT2D eigenvalue weighted by atomic mass is 31.2. The summed E-state index contributed by atoms with van der Waals surface area (Å²) in [5.74, 6) is 2.38. The molecule has 0 heterocycles. The van der Waals surface area contributed by atoms with Crippen LogP contribution in [0.25, 0.3) is 0 Å². The van der Waals surface area contributed by atoms with Gasteiger partial charge in [0.15, 0.2) is 0 Å². The molecule has 2 rings (SSSR count). The second-order valence-electron chi connectivity index (χ2n) is 10.6. The first kappa shape index (κ1) is 26.5. The maximum absolute atomic E-state index is 14.0. The number of hydrogen-bond acceptors (Lipinski definition) is 3. The summed E-state index contributed by atoms with van der Waals surface area (Å²) in [6.45, 7) is 17.5. The van der Waals surface area contributed by atoms with Crippen molar-refractivity contribution in [3.8, 4) is 11.5 Å². The minimum atomic E-state index is -3.40. The Morgan fingerprint density at radius 1 is 0.750 bits per heavy atom. The van der Waals surface area contributed by atoms with Crippen LogP contribution in [0.3, 0.4) is 0 Å². The molecule has 0 aliphatic heterocycles. The van der Waals surface area contributed by atoms with Crippen LogP contribution < -0.4 is 9.05 Å².